The van der Waals surface area contributed by atoms with Crippen molar-refractivity contribution in [1.82, 2.24) is 9.78 Å². The third-order valence-electron chi connectivity index (χ3n) is 2.12. The zero-order valence-corrected chi connectivity index (χ0v) is 9.52. The highest BCUT2D eigenvalue weighted by Crippen LogP contribution is 2.23. The van der Waals surface area contributed by atoms with Gasteiger partial charge in [-0.05, 0) is 24.8 Å². The van der Waals surface area contributed by atoms with Crippen molar-refractivity contribution < 1.29 is 0 Å². The lowest BCUT2D eigenvalue weighted by Gasteiger charge is -2.20. The standard InChI is InChI=1S/C10H17ClN2/c1-8-5-9(13(4)12-8)6-10(2,3)7-11/h5H,6-7H2,1-4H3. The number of alkyl halides is 1. The molecule has 0 amide bonds. The predicted octanol–water partition coefficient (Wildman–Crippen LogP) is 2.54. The van der Waals surface area contributed by atoms with Gasteiger partial charge in [0.2, 0.25) is 0 Å². The normalized spacial score (nSPS) is 12.1. The van der Waals surface area contributed by atoms with Crippen LogP contribution in [0.3, 0.4) is 0 Å². The summed E-state index contributed by atoms with van der Waals surface area (Å²) in [5.74, 6) is 0.678. The quantitative estimate of drug-likeness (QED) is 0.686. The number of aryl methyl sites for hydroxylation is 2. The fourth-order valence-corrected chi connectivity index (χ4v) is 1.46. The van der Waals surface area contributed by atoms with Crippen LogP contribution in [0.4, 0.5) is 0 Å². The molecule has 0 unspecified atom stereocenters. The number of halogens is 1. The van der Waals surface area contributed by atoms with Gasteiger partial charge in [0.05, 0.1) is 5.69 Å². The molecular weight excluding hydrogens is 184 g/mol. The Labute approximate surface area is 84.9 Å². The Balaban J connectivity index is 2.79. The molecule has 1 aromatic rings. The second-order valence-electron chi connectivity index (χ2n) is 4.38. The van der Waals surface area contributed by atoms with Crippen molar-refractivity contribution in [3.63, 3.8) is 0 Å². The Morgan fingerprint density at radius 1 is 1.54 bits per heavy atom. The second-order valence-corrected chi connectivity index (χ2v) is 4.64. The average molecular weight is 201 g/mol. The van der Waals surface area contributed by atoms with E-state index in [2.05, 4.69) is 25.0 Å². The van der Waals surface area contributed by atoms with Gasteiger partial charge in [0.1, 0.15) is 0 Å². The third kappa shape index (κ3) is 2.73. The smallest absolute Gasteiger partial charge is 0.0596 e. The van der Waals surface area contributed by atoms with Crippen molar-refractivity contribution in [3.05, 3.63) is 17.5 Å². The number of aromatic nitrogens is 2. The molecule has 13 heavy (non-hydrogen) atoms. The van der Waals surface area contributed by atoms with E-state index in [1.54, 1.807) is 0 Å². The van der Waals surface area contributed by atoms with E-state index in [0.29, 0.717) is 5.88 Å². The Kier molecular flexibility index (Phi) is 3.01. The van der Waals surface area contributed by atoms with E-state index in [1.165, 1.54) is 5.69 Å². The van der Waals surface area contributed by atoms with Gasteiger partial charge in [0, 0.05) is 18.6 Å². The fourth-order valence-electron chi connectivity index (χ4n) is 1.37. The lowest BCUT2D eigenvalue weighted by Crippen LogP contribution is -2.18. The van der Waals surface area contributed by atoms with E-state index in [-0.39, 0.29) is 5.41 Å². The van der Waals surface area contributed by atoms with Crippen molar-refractivity contribution in [2.75, 3.05) is 5.88 Å². The maximum atomic E-state index is 5.87. The van der Waals surface area contributed by atoms with Crippen LogP contribution in [-0.4, -0.2) is 15.7 Å². The molecule has 1 aromatic heterocycles. The van der Waals surface area contributed by atoms with Gasteiger partial charge in [-0.2, -0.15) is 5.10 Å². The molecule has 1 heterocycles. The lowest BCUT2D eigenvalue weighted by molar-refractivity contribution is 0.404. The number of rotatable bonds is 3. The maximum absolute atomic E-state index is 5.87. The van der Waals surface area contributed by atoms with Crippen LogP contribution in [0.1, 0.15) is 25.2 Å². The molecule has 0 fully saturated rings. The van der Waals surface area contributed by atoms with Gasteiger partial charge < -0.3 is 0 Å². The molecule has 0 saturated carbocycles. The van der Waals surface area contributed by atoms with Crippen molar-refractivity contribution >= 4 is 11.6 Å². The maximum Gasteiger partial charge on any atom is 0.0596 e. The van der Waals surface area contributed by atoms with Crippen LogP contribution >= 0.6 is 11.6 Å². The van der Waals surface area contributed by atoms with Gasteiger partial charge in [-0.25, -0.2) is 0 Å². The monoisotopic (exact) mass is 200 g/mol. The third-order valence-corrected chi connectivity index (χ3v) is 2.84. The van der Waals surface area contributed by atoms with Crippen LogP contribution in [0.25, 0.3) is 0 Å². The molecule has 0 aliphatic carbocycles. The molecule has 0 spiro atoms. The molecule has 0 radical (unpaired) electrons. The first kappa shape index (κ1) is 10.6. The van der Waals surface area contributed by atoms with Crippen LogP contribution in [-0.2, 0) is 13.5 Å². The van der Waals surface area contributed by atoms with Gasteiger partial charge in [-0.3, -0.25) is 4.68 Å². The minimum Gasteiger partial charge on any atom is -0.272 e. The molecule has 1 rings (SSSR count). The van der Waals surface area contributed by atoms with E-state index in [1.807, 2.05) is 18.7 Å². The molecule has 3 heteroatoms. The molecule has 0 atom stereocenters. The van der Waals surface area contributed by atoms with E-state index >= 15 is 0 Å². The Morgan fingerprint density at radius 3 is 2.54 bits per heavy atom. The zero-order valence-electron chi connectivity index (χ0n) is 8.76. The molecule has 0 N–H and O–H groups in total. The summed E-state index contributed by atoms with van der Waals surface area (Å²) in [6.45, 7) is 6.35. The number of hydrogen-bond acceptors (Lipinski definition) is 1. The van der Waals surface area contributed by atoms with E-state index in [9.17, 15) is 0 Å². The van der Waals surface area contributed by atoms with Crippen LogP contribution in [0, 0.1) is 12.3 Å². The largest absolute Gasteiger partial charge is 0.272 e. The van der Waals surface area contributed by atoms with Crippen LogP contribution in [0.5, 0.6) is 0 Å². The summed E-state index contributed by atoms with van der Waals surface area (Å²) in [4.78, 5) is 0. The van der Waals surface area contributed by atoms with Crippen LogP contribution in [0.15, 0.2) is 6.07 Å². The first-order valence-corrected chi connectivity index (χ1v) is 5.03. The Bertz CT molecular complexity index is 289. The lowest BCUT2D eigenvalue weighted by atomic mass is 9.90. The summed E-state index contributed by atoms with van der Waals surface area (Å²) in [5.41, 5.74) is 2.48. The molecule has 74 valence electrons. The Morgan fingerprint density at radius 2 is 2.15 bits per heavy atom. The fraction of sp³-hybridized carbons (Fsp3) is 0.700. The van der Waals surface area contributed by atoms with Crippen molar-refractivity contribution in [2.45, 2.75) is 27.2 Å². The molecule has 0 aliphatic rings. The highest BCUT2D eigenvalue weighted by Gasteiger charge is 2.19. The first-order valence-electron chi connectivity index (χ1n) is 4.50. The van der Waals surface area contributed by atoms with E-state index < -0.39 is 0 Å². The molecular formula is C10H17ClN2. The highest BCUT2D eigenvalue weighted by molar-refractivity contribution is 6.18. The number of hydrogen-bond donors (Lipinski definition) is 0. The highest BCUT2D eigenvalue weighted by atomic mass is 35.5. The summed E-state index contributed by atoms with van der Waals surface area (Å²) in [6.07, 6.45) is 0.980. The SMILES string of the molecule is Cc1cc(CC(C)(C)CCl)n(C)n1. The topological polar surface area (TPSA) is 17.8 Å². The summed E-state index contributed by atoms with van der Waals surface area (Å²) < 4.78 is 1.93. The van der Waals surface area contributed by atoms with Crippen LogP contribution in [0.2, 0.25) is 0 Å². The summed E-state index contributed by atoms with van der Waals surface area (Å²) in [7, 11) is 1.98. The molecule has 2 nitrogen and oxygen atoms in total. The van der Waals surface area contributed by atoms with Gasteiger partial charge in [-0.1, -0.05) is 13.8 Å². The minimum absolute atomic E-state index is 0.155. The van der Waals surface area contributed by atoms with E-state index in [0.717, 1.165) is 12.1 Å². The van der Waals surface area contributed by atoms with Crippen molar-refractivity contribution in [1.29, 1.82) is 0 Å². The van der Waals surface area contributed by atoms with Gasteiger partial charge in [-0.15, -0.1) is 11.6 Å². The molecule has 0 bridgehead atoms. The van der Waals surface area contributed by atoms with E-state index in [4.69, 9.17) is 11.6 Å². The van der Waals surface area contributed by atoms with Gasteiger partial charge in [0.25, 0.3) is 0 Å². The molecule has 0 saturated heterocycles. The van der Waals surface area contributed by atoms with Gasteiger partial charge in [0.15, 0.2) is 0 Å². The minimum atomic E-state index is 0.155. The molecule has 0 aliphatic heterocycles. The number of nitrogens with zero attached hydrogens (tertiary/aromatic N) is 2. The summed E-state index contributed by atoms with van der Waals surface area (Å²) >= 11 is 5.87. The first-order chi connectivity index (χ1) is 5.94. The molecule has 0 aromatic carbocycles. The Hall–Kier alpha value is -0.500. The summed E-state index contributed by atoms with van der Waals surface area (Å²) in [5, 5.41) is 4.30. The average Bonchev–Trinajstić information content (AvgIpc) is 2.30. The van der Waals surface area contributed by atoms with Gasteiger partial charge >= 0.3 is 0 Å². The van der Waals surface area contributed by atoms with Crippen LogP contribution < -0.4 is 0 Å². The van der Waals surface area contributed by atoms with Crippen molar-refractivity contribution in [2.24, 2.45) is 12.5 Å². The van der Waals surface area contributed by atoms with Crippen molar-refractivity contribution in [3.8, 4) is 0 Å². The summed E-state index contributed by atoms with van der Waals surface area (Å²) in [6, 6.07) is 2.12. The zero-order chi connectivity index (χ0) is 10.1. The second kappa shape index (κ2) is 3.70. The predicted molar refractivity (Wildman–Crippen MR) is 56.2 cm³/mol.